The molecule has 3 nitrogen and oxygen atoms in total. The lowest BCUT2D eigenvalue weighted by molar-refractivity contribution is -0.305. The molecule has 0 fully saturated rings. The molecule has 0 radical (unpaired) electrons. The van der Waals surface area contributed by atoms with E-state index in [-0.39, 0.29) is 6.42 Å². The Morgan fingerprint density at radius 2 is 2.22 bits per heavy atom. The monoisotopic (exact) mass is 262 g/mol. The number of carboxylic acid groups (broad SMARTS) is 1. The van der Waals surface area contributed by atoms with Gasteiger partial charge in [0.25, 0.3) is 0 Å². The third-order valence-corrected chi connectivity index (χ3v) is 3.77. The van der Waals surface area contributed by atoms with Gasteiger partial charge in [-0.1, -0.05) is 13.0 Å². The zero-order valence-corrected chi connectivity index (χ0v) is 11.2. The molecule has 0 N–H and O–H groups in total. The van der Waals surface area contributed by atoms with Crippen molar-refractivity contribution < 1.29 is 9.90 Å². The number of hydrogen-bond donors (Lipinski definition) is 0. The van der Waals surface area contributed by atoms with Gasteiger partial charge in [-0.25, -0.2) is 0 Å². The largest absolute Gasteiger partial charge is 0.550 e. The zero-order chi connectivity index (χ0) is 13.0. The van der Waals surface area contributed by atoms with E-state index in [2.05, 4.69) is 29.0 Å². The number of thiophene rings is 1. The van der Waals surface area contributed by atoms with E-state index in [1.54, 1.807) is 11.3 Å². The van der Waals surface area contributed by atoms with Crippen LogP contribution >= 0.6 is 11.3 Å². The summed E-state index contributed by atoms with van der Waals surface area (Å²) in [5, 5.41) is 12.6. The van der Waals surface area contributed by atoms with Crippen molar-refractivity contribution in [3.63, 3.8) is 0 Å². The van der Waals surface area contributed by atoms with Gasteiger partial charge in [-0.05, 0) is 42.8 Å². The molecule has 2 rings (SSSR count). The van der Waals surface area contributed by atoms with E-state index in [1.165, 1.54) is 10.6 Å². The molecule has 2 aromatic heterocycles. The Labute approximate surface area is 111 Å². The van der Waals surface area contributed by atoms with Gasteiger partial charge in [0.05, 0.1) is 10.6 Å². The van der Waals surface area contributed by atoms with Crippen LogP contribution in [0, 0.1) is 0 Å². The second-order valence-corrected chi connectivity index (χ2v) is 5.16. The molecule has 0 aliphatic rings. The topological polar surface area (TPSA) is 45.1 Å². The predicted molar refractivity (Wildman–Crippen MR) is 71.4 cm³/mol. The highest BCUT2D eigenvalue weighted by Crippen LogP contribution is 2.27. The predicted octanol–water partition coefficient (Wildman–Crippen LogP) is 2.31. The molecule has 0 spiro atoms. The van der Waals surface area contributed by atoms with Crippen LogP contribution in [0.1, 0.15) is 25.5 Å². The van der Waals surface area contributed by atoms with E-state index in [0.717, 1.165) is 18.7 Å². The van der Waals surface area contributed by atoms with Gasteiger partial charge >= 0.3 is 0 Å². The Morgan fingerprint density at radius 3 is 2.83 bits per heavy atom. The minimum atomic E-state index is -0.989. The van der Waals surface area contributed by atoms with Crippen molar-refractivity contribution >= 4 is 17.3 Å². The van der Waals surface area contributed by atoms with E-state index in [9.17, 15) is 9.90 Å². The van der Waals surface area contributed by atoms with Gasteiger partial charge in [-0.15, -0.1) is 11.3 Å². The molecule has 18 heavy (non-hydrogen) atoms. The van der Waals surface area contributed by atoms with Crippen molar-refractivity contribution in [3.05, 3.63) is 35.3 Å². The Hall–Kier alpha value is -1.55. The summed E-state index contributed by atoms with van der Waals surface area (Å²) in [7, 11) is 0. The van der Waals surface area contributed by atoms with E-state index in [4.69, 9.17) is 0 Å². The highest BCUT2D eigenvalue weighted by atomic mass is 32.1. The molecule has 0 saturated heterocycles. The lowest BCUT2D eigenvalue weighted by Gasteiger charge is -2.12. The van der Waals surface area contributed by atoms with Crippen LogP contribution in [0.15, 0.2) is 29.6 Å². The van der Waals surface area contributed by atoms with Crippen LogP contribution in [-0.4, -0.2) is 10.5 Å². The molecule has 0 bridgehead atoms. The first-order valence-corrected chi connectivity index (χ1v) is 7.02. The van der Waals surface area contributed by atoms with Crippen LogP contribution in [0.3, 0.4) is 0 Å². The maximum atomic E-state index is 10.6. The first-order valence-electron chi connectivity index (χ1n) is 6.14. The lowest BCUT2D eigenvalue weighted by Crippen LogP contribution is -2.22. The number of carbonyl (C=O) groups is 1. The summed E-state index contributed by atoms with van der Waals surface area (Å²) in [5.41, 5.74) is 2.25. The van der Waals surface area contributed by atoms with Crippen molar-refractivity contribution in [1.29, 1.82) is 0 Å². The number of aryl methyl sites for hydroxylation is 1. The molecule has 4 heteroatoms. The van der Waals surface area contributed by atoms with Crippen LogP contribution in [0.2, 0.25) is 0 Å². The van der Waals surface area contributed by atoms with Crippen molar-refractivity contribution in [1.82, 2.24) is 4.57 Å². The van der Waals surface area contributed by atoms with Gasteiger partial charge in [0.15, 0.2) is 0 Å². The average Bonchev–Trinajstić information content (AvgIpc) is 2.95. The fourth-order valence-corrected chi connectivity index (χ4v) is 2.85. The van der Waals surface area contributed by atoms with Crippen molar-refractivity contribution in [2.75, 3.05) is 0 Å². The van der Waals surface area contributed by atoms with E-state index < -0.39 is 5.97 Å². The molecule has 0 amide bonds. The highest BCUT2D eigenvalue weighted by Gasteiger charge is 2.10. The van der Waals surface area contributed by atoms with Crippen LogP contribution in [-0.2, 0) is 17.8 Å². The van der Waals surface area contributed by atoms with Crippen molar-refractivity contribution in [2.45, 2.75) is 32.7 Å². The maximum Gasteiger partial charge on any atom is 0.0583 e. The molecule has 0 atom stereocenters. The third-order valence-electron chi connectivity index (χ3n) is 2.88. The molecular weight excluding hydrogens is 246 g/mol. The fraction of sp³-hybridized carbons (Fsp3) is 0.357. The van der Waals surface area contributed by atoms with Crippen LogP contribution in [0.25, 0.3) is 10.6 Å². The molecule has 2 aromatic rings. The molecule has 0 aliphatic carbocycles. The number of hydrogen-bond acceptors (Lipinski definition) is 3. The number of carboxylic acids is 1. The molecule has 2 heterocycles. The summed E-state index contributed by atoms with van der Waals surface area (Å²) < 4.78 is 2.22. The number of nitrogens with zero attached hydrogens (tertiary/aromatic N) is 1. The van der Waals surface area contributed by atoms with Crippen LogP contribution in [0.5, 0.6) is 0 Å². The third kappa shape index (κ3) is 2.82. The average molecular weight is 262 g/mol. The number of aromatic nitrogens is 1. The minimum Gasteiger partial charge on any atom is -0.550 e. The van der Waals surface area contributed by atoms with Gasteiger partial charge in [-0.3, -0.25) is 0 Å². The van der Waals surface area contributed by atoms with Gasteiger partial charge < -0.3 is 14.5 Å². The summed E-state index contributed by atoms with van der Waals surface area (Å²) in [6.07, 6.45) is 1.65. The Bertz CT molecular complexity index is 514. The van der Waals surface area contributed by atoms with E-state index in [1.807, 2.05) is 12.1 Å². The Balaban J connectivity index is 2.28. The van der Waals surface area contributed by atoms with Crippen molar-refractivity contribution in [2.24, 2.45) is 0 Å². The second kappa shape index (κ2) is 5.87. The van der Waals surface area contributed by atoms with Gasteiger partial charge in [0.2, 0.25) is 0 Å². The highest BCUT2D eigenvalue weighted by molar-refractivity contribution is 7.13. The smallest absolute Gasteiger partial charge is 0.0583 e. The second-order valence-electron chi connectivity index (χ2n) is 4.21. The number of rotatable bonds is 6. The molecule has 0 unspecified atom stereocenters. The van der Waals surface area contributed by atoms with Crippen LogP contribution in [0.4, 0.5) is 0 Å². The summed E-state index contributed by atoms with van der Waals surface area (Å²) >= 11 is 1.70. The molecule has 96 valence electrons. The molecular formula is C14H16NO2S-. The summed E-state index contributed by atoms with van der Waals surface area (Å²) in [4.78, 5) is 11.8. The Morgan fingerprint density at radius 1 is 1.39 bits per heavy atom. The standard InChI is InChI=1S/C14H17NO2S/c1-2-9-15-11(6-8-14(16)17)5-7-12(15)13-4-3-10-18-13/h3-5,7,10H,2,6,8-9H2,1H3,(H,16,17)/p-1. The summed E-state index contributed by atoms with van der Waals surface area (Å²) in [5.74, 6) is -0.989. The Kier molecular flexibility index (Phi) is 4.20. The number of carbonyl (C=O) groups excluding carboxylic acids is 1. The fourth-order valence-electron chi connectivity index (χ4n) is 2.09. The first kappa shape index (κ1) is 12.9. The van der Waals surface area contributed by atoms with Gasteiger partial charge in [0.1, 0.15) is 0 Å². The quantitative estimate of drug-likeness (QED) is 0.802. The molecule has 0 saturated carbocycles. The van der Waals surface area contributed by atoms with Gasteiger partial charge in [-0.2, -0.15) is 0 Å². The van der Waals surface area contributed by atoms with Crippen LogP contribution < -0.4 is 5.11 Å². The first-order chi connectivity index (χ1) is 8.72. The SMILES string of the molecule is CCCn1c(CCC(=O)[O-])ccc1-c1cccs1. The summed E-state index contributed by atoms with van der Waals surface area (Å²) in [6, 6.07) is 8.22. The molecule has 0 aromatic carbocycles. The van der Waals surface area contributed by atoms with E-state index >= 15 is 0 Å². The normalized spacial score (nSPS) is 10.7. The van der Waals surface area contributed by atoms with Gasteiger partial charge in [0, 0.05) is 18.2 Å². The van der Waals surface area contributed by atoms with E-state index in [0.29, 0.717) is 6.42 Å². The van der Waals surface area contributed by atoms with Crippen molar-refractivity contribution in [3.8, 4) is 10.6 Å². The molecule has 0 aliphatic heterocycles. The maximum absolute atomic E-state index is 10.6. The summed E-state index contributed by atoms with van der Waals surface area (Å²) in [6.45, 7) is 3.04. The number of aliphatic carboxylic acids is 1. The lowest BCUT2D eigenvalue weighted by atomic mass is 10.2. The zero-order valence-electron chi connectivity index (χ0n) is 10.4. The minimum absolute atomic E-state index is 0.0810.